The highest BCUT2D eigenvalue weighted by atomic mass is 16.7. The topological polar surface area (TPSA) is 132 Å². The van der Waals surface area contributed by atoms with Gasteiger partial charge >= 0.3 is 18.0 Å². The van der Waals surface area contributed by atoms with E-state index in [1.165, 1.54) is 26.3 Å². The molecule has 12 heteroatoms. The molecule has 0 amide bonds. The van der Waals surface area contributed by atoms with Crippen LogP contribution in [0.4, 0.5) is 0 Å². The highest BCUT2D eigenvalue weighted by Crippen LogP contribution is 2.30. The Kier molecular flexibility index (Phi) is 12.2. The fourth-order valence-electron chi connectivity index (χ4n) is 4.55. The van der Waals surface area contributed by atoms with E-state index in [4.69, 9.17) is 33.2 Å². The van der Waals surface area contributed by atoms with Crippen molar-refractivity contribution in [1.29, 1.82) is 0 Å². The van der Waals surface area contributed by atoms with Crippen LogP contribution < -0.4 is 9.47 Å². The second kappa shape index (κ2) is 16.5. The number of carbonyl (C=O) groups excluding carboxylic acids is 2. The van der Waals surface area contributed by atoms with Crippen LogP contribution in [0.25, 0.3) is 0 Å². The summed E-state index contributed by atoms with van der Waals surface area (Å²) in [4.78, 5) is 42.2. The van der Waals surface area contributed by atoms with E-state index in [2.05, 4.69) is 4.98 Å². The fourth-order valence-corrected chi connectivity index (χ4v) is 4.55. The van der Waals surface area contributed by atoms with Crippen LogP contribution in [0.2, 0.25) is 0 Å². The zero-order valence-electron chi connectivity index (χ0n) is 25.0. The first-order valence-corrected chi connectivity index (χ1v) is 14.2. The van der Waals surface area contributed by atoms with Gasteiger partial charge in [0.05, 0.1) is 26.9 Å². The summed E-state index contributed by atoms with van der Waals surface area (Å²) in [6.07, 6.45) is -0.642. The van der Waals surface area contributed by atoms with Gasteiger partial charge in [-0.05, 0) is 18.1 Å². The van der Waals surface area contributed by atoms with Crippen molar-refractivity contribution in [3.05, 3.63) is 94.7 Å². The molecule has 4 atom stereocenters. The maximum atomic E-state index is 13.4. The summed E-state index contributed by atoms with van der Waals surface area (Å²) < 4.78 is 40.4. The van der Waals surface area contributed by atoms with Crippen molar-refractivity contribution in [2.75, 3.05) is 27.1 Å². The van der Waals surface area contributed by atoms with Crippen LogP contribution in [0.1, 0.15) is 30.7 Å². The van der Waals surface area contributed by atoms with Gasteiger partial charge in [0.2, 0.25) is 13.3 Å². The Morgan fingerprint density at radius 2 is 1.64 bits per heavy atom. The molecule has 1 aliphatic rings. The van der Waals surface area contributed by atoms with Crippen LogP contribution in [0.15, 0.2) is 72.9 Å². The lowest BCUT2D eigenvalue weighted by atomic mass is 10.1. The predicted octanol–water partition coefficient (Wildman–Crippen LogP) is 3.77. The molecule has 2 heterocycles. The molecule has 3 aromatic rings. The van der Waals surface area contributed by atoms with Crippen molar-refractivity contribution in [3.8, 4) is 11.5 Å². The maximum absolute atomic E-state index is 13.4. The first kappa shape index (κ1) is 32.5. The number of ether oxygens (including phenoxy) is 7. The van der Waals surface area contributed by atoms with E-state index in [1.807, 2.05) is 60.7 Å². The summed E-state index contributed by atoms with van der Waals surface area (Å²) in [6, 6.07) is 19.5. The van der Waals surface area contributed by atoms with Crippen molar-refractivity contribution in [3.63, 3.8) is 0 Å². The number of pyridine rings is 1. The largest absolute Gasteiger partial charge is 0.493 e. The van der Waals surface area contributed by atoms with Crippen LogP contribution in [0.3, 0.4) is 0 Å². The highest BCUT2D eigenvalue weighted by molar-refractivity contribution is 5.74. The molecule has 1 saturated heterocycles. The number of nitrogens with zero attached hydrogens (tertiary/aromatic N) is 2. The number of methoxy groups -OCH3 is 1. The Morgan fingerprint density at radius 3 is 2.27 bits per heavy atom. The molecule has 0 aliphatic carbocycles. The maximum Gasteiger partial charge on any atom is 0.382 e. The van der Waals surface area contributed by atoms with Crippen LogP contribution >= 0.6 is 0 Å². The third-order valence-electron chi connectivity index (χ3n) is 6.83. The lowest BCUT2D eigenvalue weighted by Gasteiger charge is -2.30. The number of esters is 2. The molecule has 0 bridgehead atoms. The van der Waals surface area contributed by atoms with Gasteiger partial charge < -0.3 is 33.2 Å². The van der Waals surface area contributed by atoms with E-state index >= 15 is 0 Å². The lowest BCUT2D eigenvalue weighted by molar-refractivity contribution is -0.593. The Hall–Kier alpha value is -4.39. The van der Waals surface area contributed by atoms with Crippen LogP contribution in [-0.4, -0.2) is 73.2 Å². The molecule has 234 valence electrons. The Balaban J connectivity index is 1.50. The van der Waals surface area contributed by atoms with E-state index in [1.54, 1.807) is 6.92 Å². The Morgan fingerprint density at radius 1 is 0.977 bits per heavy atom. The molecule has 2 aromatic carbocycles. The van der Waals surface area contributed by atoms with Gasteiger partial charge in [0.25, 0.3) is 0 Å². The van der Waals surface area contributed by atoms with Gasteiger partial charge in [-0.3, -0.25) is 9.78 Å². The monoisotopic (exact) mass is 609 g/mol. The van der Waals surface area contributed by atoms with Crippen LogP contribution in [0.5, 0.6) is 11.5 Å². The van der Waals surface area contributed by atoms with Gasteiger partial charge in [-0.15, -0.1) is 0 Å². The van der Waals surface area contributed by atoms with Crippen molar-refractivity contribution < 1.29 is 47.5 Å². The highest BCUT2D eigenvalue weighted by Gasteiger charge is 2.42. The lowest BCUT2D eigenvalue weighted by Crippen LogP contribution is -2.44. The molecule has 1 fully saturated rings. The number of cyclic esters (lactones) is 1. The van der Waals surface area contributed by atoms with Crippen molar-refractivity contribution in [1.82, 2.24) is 4.98 Å². The second-order valence-electron chi connectivity index (χ2n) is 10.1. The van der Waals surface area contributed by atoms with Crippen LogP contribution in [-0.2, 0) is 53.0 Å². The summed E-state index contributed by atoms with van der Waals surface area (Å²) in [5, 5.41) is 0. The molecule has 1 aliphatic heterocycles. The van der Waals surface area contributed by atoms with Gasteiger partial charge in [0, 0.05) is 28.9 Å². The van der Waals surface area contributed by atoms with Crippen molar-refractivity contribution in [2.45, 2.75) is 58.0 Å². The normalized spacial score (nSPS) is 20.4. The van der Waals surface area contributed by atoms with E-state index in [-0.39, 0.29) is 50.2 Å². The molecule has 0 radical (unpaired) electrons. The SMILES string of the molecule is COc1ccnc(C[N+](=O)C2COCC(OCc3ccccc3)C(OCc3ccccc3)C(C)OC2=O)c1OCOC(C)=O. The first-order chi connectivity index (χ1) is 21.4. The fraction of sp³-hybridized carbons (Fsp3) is 0.406. The number of benzene rings is 2. The molecule has 4 rings (SSSR count). The minimum Gasteiger partial charge on any atom is -0.493 e. The molecule has 1 aromatic heterocycles. The number of rotatable bonds is 13. The second-order valence-corrected chi connectivity index (χ2v) is 10.1. The van der Waals surface area contributed by atoms with E-state index in [0.29, 0.717) is 4.76 Å². The van der Waals surface area contributed by atoms with E-state index in [9.17, 15) is 14.5 Å². The first-order valence-electron chi connectivity index (χ1n) is 14.2. The van der Waals surface area contributed by atoms with Gasteiger partial charge in [-0.2, -0.15) is 0 Å². The molecular formula is C32H37N2O10+. The van der Waals surface area contributed by atoms with Crippen LogP contribution in [0, 0.1) is 4.91 Å². The minimum absolute atomic E-state index is 0.0474. The van der Waals surface area contributed by atoms with Gasteiger partial charge in [0.1, 0.15) is 24.9 Å². The Bertz CT molecular complexity index is 1370. The molecule has 44 heavy (non-hydrogen) atoms. The summed E-state index contributed by atoms with van der Waals surface area (Å²) in [5.41, 5.74) is 2.06. The number of hydrogen-bond donors (Lipinski definition) is 0. The molecular weight excluding hydrogens is 572 g/mol. The smallest absolute Gasteiger partial charge is 0.382 e. The standard InChI is InChI=1S/C32H37N2O10/c1-22-30(41-18-25-12-8-5-9-13-25)29(40-17-24-10-6-4-7-11-24)20-39-19-27(32(36)44-22)34(37)16-26-31(43-21-42-23(2)35)28(38-3)14-15-33-26/h4-15,22,27,29-30H,16-21H2,1-3H3/q+1. The number of nitroso groups, excluding NO2 is 1. The number of aromatic nitrogens is 1. The predicted molar refractivity (Wildman–Crippen MR) is 156 cm³/mol. The molecule has 0 saturated carbocycles. The van der Waals surface area contributed by atoms with E-state index in [0.717, 1.165) is 11.1 Å². The number of carbonyl (C=O) groups is 2. The summed E-state index contributed by atoms with van der Waals surface area (Å²) in [6.45, 7) is 2.49. The van der Waals surface area contributed by atoms with Gasteiger partial charge in [-0.25, -0.2) is 4.79 Å². The molecule has 0 N–H and O–H groups in total. The Labute approximate surface area is 255 Å². The minimum atomic E-state index is -1.32. The average Bonchev–Trinajstić information content (AvgIpc) is 3.07. The average molecular weight is 610 g/mol. The quantitative estimate of drug-likeness (QED) is 0.159. The molecule has 4 unspecified atom stereocenters. The zero-order chi connectivity index (χ0) is 31.3. The number of hydrogen-bond acceptors (Lipinski definition) is 11. The molecule has 12 nitrogen and oxygen atoms in total. The van der Waals surface area contributed by atoms with Gasteiger partial charge in [-0.1, -0.05) is 60.7 Å². The van der Waals surface area contributed by atoms with E-state index < -0.39 is 43.1 Å². The zero-order valence-corrected chi connectivity index (χ0v) is 25.0. The molecule has 0 spiro atoms. The summed E-state index contributed by atoms with van der Waals surface area (Å²) in [7, 11) is 1.42. The summed E-state index contributed by atoms with van der Waals surface area (Å²) >= 11 is 0. The third kappa shape index (κ3) is 9.30. The van der Waals surface area contributed by atoms with Crippen molar-refractivity contribution in [2.24, 2.45) is 0 Å². The third-order valence-corrected chi connectivity index (χ3v) is 6.83. The van der Waals surface area contributed by atoms with Gasteiger partial charge in [0.15, 0.2) is 17.2 Å². The summed E-state index contributed by atoms with van der Waals surface area (Å²) in [5.74, 6) is -0.952. The van der Waals surface area contributed by atoms with Crippen molar-refractivity contribution >= 4 is 11.9 Å².